The van der Waals surface area contributed by atoms with Gasteiger partial charge in [0.2, 0.25) is 11.8 Å². The van der Waals surface area contributed by atoms with Gasteiger partial charge in [-0.05, 0) is 65.0 Å². The van der Waals surface area contributed by atoms with E-state index in [1.54, 1.807) is 17.0 Å². The molecule has 2 atom stereocenters. The summed E-state index contributed by atoms with van der Waals surface area (Å²) in [6.45, 7) is 8.16. The van der Waals surface area contributed by atoms with Gasteiger partial charge in [0.25, 0.3) is 5.91 Å². The summed E-state index contributed by atoms with van der Waals surface area (Å²) in [5.41, 5.74) is 6.38. The van der Waals surface area contributed by atoms with E-state index >= 15 is 8.78 Å². The van der Waals surface area contributed by atoms with Crippen LogP contribution in [0, 0.1) is 29.9 Å². The highest BCUT2D eigenvalue weighted by Crippen LogP contribution is 2.51. The zero-order valence-electron chi connectivity index (χ0n) is 29.9. The number of allylic oxidation sites excluding steroid dienone is 2. The van der Waals surface area contributed by atoms with Gasteiger partial charge in [-0.3, -0.25) is 14.4 Å². The van der Waals surface area contributed by atoms with Crippen molar-refractivity contribution in [2.75, 3.05) is 26.8 Å². The number of piperidine rings is 1. The van der Waals surface area contributed by atoms with Gasteiger partial charge >= 0.3 is 6.18 Å². The quantitative estimate of drug-likeness (QED) is 0.191. The van der Waals surface area contributed by atoms with Crippen LogP contribution < -0.4 is 16.4 Å². The number of aromatic nitrogens is 1. The fraction of sp³-hybridized carbons (Fsp3) is 0.474. The fourth-order valence-corrected chi connectivity index (χ4v) is 6.69. The molecule has 0 unspecified atom stereocenters. The molecule has 1 aliphatic heterocycles. The highest BCUT2D eigenvalue weighted by atomic mass is 19.4. The fourth-order valence-electron chi connectivity index (χ4n) is 6.69. The molecule has 3 amide bonds. The minimum Gasteiger partial charge on any atom is -0.383 e. The predicted molar refractivity (Wildman–Crippen MR) is 187 cm³/mol. The van der Waals surface area contributed by atoms with Crippen LogP contribution in [0.3, 0.4) is 0 Å². The average molecular weight is 731 g/mol. The van der Waals surface area contributed by atoms with Crippen molar-refractivity contribution in [2.24, 2.45) is 17.6 Å². The number of rotatable bonds is 13. The molecule has 9 nitrogen and oxygen atoms in total. The molecule has 4 N–H and O–H groups in total. The molecule has 2 aromatic carbocycles. The molecule has 52 heavy (non-hydrogen) atoms. The SMILES string of the molecule is COCCn1cc(C(=O)N2CCC(c3cc(CNC(=O)[C@@H](NC(=O)[C@@H](N)C(C)C)C(C)C)ccc3F)CC2)c2c(C3=C(C(F)(F)F)[CH]3)ccc(F)c21. The standard InChI is InChI=1S/C38H45F5N5O4/c1-20(2)32(44)35(49)46-33(21(3)4)36(50)45-18-22-6-8-29(39)25(16-22)23-10-12-47(13-11-23)37(51)27-19-48(14-15-52-5)34-30(40)9-7-24(31(27)34)26-17-28(26)38(41,42)43/h6-9,16-17,19-21,23,32-33H,10-15,18,44H2,1-5H3,(H,45,50)(H,46,49)/t32-,33-/m0/s1. The Hall–Kier alpha value is -4.30. The van der Waals surface area contributed by atoms with E-state index < -0.39 is 53.2 Å². The van der Waals surface area contributed by atoms with Crippen LogP contribution in [0.4, 0.5) is 22.0 Å². The number of likely N-dealkylation sites (tertiary alicyclic amines) is 1. The first-order valence-electron chi connectivity index (χ1n) is 17.4. The molecule has 0 bridgehead atoms. The summed E-state index contributed by atoms with van der Waals surface area (Å²) < 4.78 is 77.6. The van der Waals surface area contributed by atoms with Crippen molar-refractivity contribution in [1.29, 1.82) is 0 Å². The minimum atomic E-state index is -4.57. The number of nitrogens with one attached hydrogen (secondary N) is 2. The Kier molecular flexibility index (Phi) is 11.8. The number of amides is 3. The maximum Gasteiger partial charge on any atom is 0.413 e. The van der Waals surface area contributed by atoms with Crippen molar-refractivity contribution in [3.63, 3.8) is 0 Å². The molecular weight excluding hydrogens is 685 g/mol. The van der Waals surface area contributed by atoms with Crippen LogP contribution in [-0.2, 0) is 27.4 Å². The summed E-state index contributed by atoms with van der Waals surface area (Å²) in [4.78, 5) is 41.2. The number of nitrogens with zero attached hydrogens (tertiary/aromatic N) is 2. The Morgan fingerprint density at radius 2 is 1.65 bits per heavy atom. The van der Waals surface area contributed by atoms with Crippen LogP contribution in [-0.4, -0.2) is 72.3 Å². The number of hydrogen-bond donors (Lipinski definition) is 3. The number of methoxy groups -OCH3 is 1. The lowest BCUT2D eigenvalue weighted by molar-refractivity contribution is -0.131. The van der Waals surface area contributed by atoms with Crippen molar-refractivity contribution in [1.82, 2.24) is 20.1 Å². The largest absolute Gasteiger partial charge is 0.413 e. The lowest BCUT2D eigenvalue weighted by Crippen LogP contribution is -2.54. The summed E-state index contributed by atoms with van der Waals surface area (Å²) in [5, 5.41) is 5.67. The smallest absolute Gasteiger partial charge is 0.383 e. The van der Waals surface area contributed by atoms with E-state index in [0.29, 0.717) is 24.0 Å². The van der Waals surface area contributed by atoms with E-state index in [1.165, 1.54) is 30.0 Å². The highest BCUT2D eigenvalue weighted by molar-refractivity contribution is 6.14. The number of ether oxygens (including phenoxy) is 1. The monoisotopic (exact) mass is 730 g/mol. The number of carbonyl (C=O) groups excluding carboxylic acids is 3. The summed E-state index contributed by atoms with van der Waals surface area (Å²) in [6, 6.07) is 5.39. The maximum absolute atomic E-state index is 15.3. The lowest BCUT2D eigenvalue weighted by Gasteiger charge is -2.32. The molecule has 2 aliphatic rings. The second-order valence-corrected chi connectivity index (χ2v) is 14.2. The van der Waals surface area contributed by atoms with E-state index in [9.17, 15) is 27.6 Å². The Labute approximate surface area is 299 Å². The molecule has 14 heteroatoms. The third-order valence-electron chi connectivity index (χ3n) is 9.85. The van der Waals surface area contributed by atoms with Gasteiger partial charge in [0.15, 0.2) is 0 Å². The van der Waals surface area contributed by atoms with Gasteiger partial charge in [-0.1, -0.05) is 45.9 Å². The lowest BCUT2D eigenvalue weighted by atomic mass is 9.88. The number of fused-ring (bicyclic) bond motifs is 1. The summed E-state index contributed by atoms with van der Waals surface area (Å²) in [6.07, 6.45) is -1.33. The molecule has 1 radical (unpaired) electrons. The van der Waals surface area contributed by atoms with Crippen molar-refractivity contribution >= 4 is 34.2 Å². The van der Waals surface area contributed by atoms with Gasteiger partial charge in [0.05, 0.1) is 23.7 Å². The van der Waals surface area contributed by atoms with E-state index in [0.717, 1.165) is 12.5 Å². The van der Waals surface area contributed by atoms with Crippen molar-refractivity contribution in [2.45, 2.75) is 77.8 Å². The number of nitrogens with two attached hydrogens (primary N) is 1. The Morgan fingerprint density at radius 1 is 0.981 bits per heavy atom. The first-order valence-corrected chi connectivity index (χ1v) is 17.4. The second-order valence-electron chi connectivity index (χ2n) is 14.2. The second kappa shape index (κ2) is 15.7. The molecular formula is C38H45F5N5O4. The predicted octanol–water partition coefficient (Wildman–Crippen LogP) is 5.86. The van der Waals surface area contributed by atoms with Crippen LogP contribution in [0.5, 0.6) is 0 Å². The van der Waals surface area contributed by atoms with E-state index in [-0.39, 0.29) is 78.1 Å². The van der Waals surface area contributed by atoms with Crippen molar-refractivity contribution < 1.29 is 41.1 Å². The first kappa shape index (κ1) is 38.9. The number of hydrogen-bond acceptors (Lipinski definition) is 5. The molecule has 2 heterocycles. The van der Waals surface area contributed by atoms with Gasteiger partial charge in [0, 0.05) is 56.9 Å². The van der Waals surface area contributed by atoms with Crippen LogP contribution >= 0.6 is 0 Å². The molecule has 1 saturated heterocycles. The maximum atomic E-state index is 15.3. The van der Waals surface area contributed by atoms with Crippen LogP contribution in [0.15, 0.2) is 42.1 Å². The summed E-state index contributed by atoms with van der Waals surface area (Å²) in [5.74, 6) is -2.95. The highest BCUT2D eigenvalue weighted by Gasteiger charge is 2.46. The van der Waals surface area contributed by atoms with E-state index in [2.05, 4.69) is 10.6 Å². The Bertz CT molecular complexity index is 1860. The normalized spacial score (nSPS) is 16.5. The van der Waals surface area contributed by atoms with E-state index in [4.69, 9.17) is 10.5 Å². The average Bonchev–Trinajstić information content (AvgIpc) is 3.83. The Balaban J connectivity index is 1.30. The third-order valence-corrected chi connectivity index (χ3v) is 9.85. The molecule has 0 spiro atoms. The topological polar surface area (TPSA) is 119 Å². The molecule has 3 aromatic rings. The number of carbonyl (C=O) groups is 3. The van der Waals surface area contributed by atoms with Gasteiger partial charge in [-0.2, -0.15) is 13.2 Å². The van der Waals surface area contributed by atoms with Gasteiger partial charge in [-0.25, -0.2) is 8.78 Å². The zero-order valence-corrected chi connectivity index (χ0v) is 29.9. The van der Waals surface area contributed by atoms with Crippen LogP contribution in [0.2, 0.25) is 0 Å². The molecule has 1 aliphatic carbocycles. The first-order chi connectivity index (χ1) is 24.5. The zero-order chi connectivity index (χ0) is 38.1. The number of halogens is 5. The summed E-state index contributed by atoms with van der Waals surface area (Å²) in [7, 11) is 1.47. The molecule has 281 valence electrons. The van der Waals surface area contributed by atoms with Crippen LogP contribution in [0.1, 0.15) is 73.5 Å². The van der Waals surface area contributed by atoms with Gasteiger partial charge < -0.3 is 30.6 Å². The Morgan fingerprint density at radius 3 is 2.25 bits per heavy atom. The van der Waals surface area contributed by atoms with Crippen LogP contribution in [0.25, 0.3) is 16.5 Å². The summed E-state index contributed by atoms with van der Waals surface area (Å²) >= 11 is 0. The molecule has 5 rings (SSSR count). The number of alkyl halides is 3. The van der Waals surface area contributed by atoms with Gasteiger partial charge in [0.1, 0.15) is 17.7 Å². The minimum absolute atomic E-state index is 0.0225. The molecule has 0 saturated carbocycles. The van der Waals surface area contributed by atoms with E-state index in [1.807, 2.05) is 27.7 Å². The number of benzene rings is 2. The van der Waals surface area contributed by atoms with Crippen molar-refractivity contribution in [3.8, 4) is 0 Å². The van der Waals surface area contributed by atoms with Crippen molar-refractivity contribution in [3.05, 3.63) is 82.4 Å². The third kappa shape index (κ3) is 8.33. The van der Waals surface area contributed by atoms with Gasteiger partial charge in [-0.15, -0.1) is 0 Å². The molecule has 1 fully saturated rings. The molecule has 1 aromatic heterocycles.